The molecule has 0 amide bonds. The second kappa shape index (κ2) is 4.61. The van der Waals surface area contributed by atoms with E-state index in [0.717, 1.165) is 6.26 Å². The van der Waals surface area contributed by atoms with Crippen LogP contribution >= 0.6 is 0 Å². The Morgan fingerprint density at radius 3 is 2.50 bits per heavy atom. The number of hydrogen-bond donors (Lipinski definition) is 2. The van der Waals surface area contributed by atoms with E-state index in [1.807, 2.05) is 13.8 Å². The van der Waals surface area contributed by atoms with Gasteiger partial charge in [-0.05, 0) is 26.0 Å². The van der Waals surface area contributed by atoms with Crippen LogP contribution in [0.25, 0.3) is 0 Å². The normalized spacial score (nSPS) is 11.5. The minimum Gasteiger partial charge on any atom is -0.506 e. The third kappa shape index (κ3) is 3.98. The summed E-state index contributed by atoms with van der Waals surface area (Å²) >= 11 is 0. The van der Waals surface area contributed by atoms with Crippen LogP contribution in [0.3, 0.4) is 0 Å². The van der Waals surface area contributed by atoms with Gasteiger partial charge in [0.15, 0.2) is 0 Å². The van der Waals surface area contributed by atoms with Crippen LogP contribution in [0.1, 0.15) is 13.8 Å². The van der Waals surface area contributed by atoms with Gasteiger partial charge in [0.05, 0.1) is 18.0 Å². The van der Waals surface area contributed by atoms with Crippen LogP contribution in [0.15, 0.2) is 18.2 Å². The second-order valence-electron chi connectivity index (χ2n) is 3.72. The fraction of sp³-hybridized carbons (Fsp3) is 0.400. The topological polar surface area (TPSA) is 75.6 Å². The third-order valence-electron chi connectivity index (χ3n) is 1.64. The van der Waals surface area contributed by atoms with E-state index >= 15 is 0 Å². The highest BCUT2D eigenvalue weighted by Gasteiger charge is 2.09. The van der Waals surface area contributed by atoms with Gasteiger partial charge in [0.1, 0.15) is 11.5 Å². The summed E-state index contributed by atoms with van der Waals surface area (Å²) in [7, 11) is -3.41. The first-order valence-corrected chi connectivity index (χ1v) is 6.64. The Morgan fingerprint density at radius 2 is 2.00 bits per heavy atom. The number of nitrogens with one attached hydrogen (secondary N) is 1. The van der Waals surface area contributed by atoms with Gasteiger partial charge in [-0.2, -0.15) is 0 Å². The molecule has 0 atom stereocenters. The Labute approximate surface area is 95.1 Å². The van der Waals surface area contributed by atoms with Gasteiger partial charge in [0.2, 0.25) is 10.0 Å². The molecule has 5 nitrogen and oxygen atoms in total. The van der Waals surface area contributed by atoms with Gasteiger partial charge in [0, 0.05) is 6.07 Å². The first-order chi connectivity index (χ1) is 7.28. The van der Waals surface area contributed by atoms with E-state index in [-0.39, 0.29) is 17.5 Å². The zero-order chi connectivity index (χ0) is 12.3. The van der Waals surface area contributed by atoms with Crippen molar-refractivity contribution in [2.75, 3.05) is 11.0 Å². The molecule has 0 bridgehead atoms. The first-order valence-electron chi connectivity index (χ1n) is 4.75. The summed E-state index contributed by atoms with van der Waals surface area (Å²) in [6.07, 6.45) is 0.998. The molecule has 90 valence electrons. The summed E-state index contributed by atoms with van der Waals surface area (Å²) in [5, 5.41) is 9.45. The summed E-state index contributed by atoms with van der Waals surface area (Å²) in [5.41, 5.74) is 0.112. The number of rotatable bonds is 4. The van der Waals surface area contributed by atoms with Crippen molar-refractivity contribution in [2.45, 2.75) is 20.0 Å². The van der Waals surface area contributed by atoms with Crippen LogP contribution in [0, 0.1) is 0 Å². The molecule has 0 aliphatic heterocycles. The first kappa shape index (κ1) is 12.6. The van der Waals surface area contributed by atoms with Crippen LogP contribution in [0.2, 0.25) is 0 Å². The third-order valence-corrected chi connectivity index (χ3v) is 2.23. The molecule has 0 saturated heterocycles. The van der Waals surface area contributed by atoms with Crippen molar-refractivity contribution >= 4 is 15.7 Å². The highest BCUT2D eigenvalue weighted by atomic mass is 32.2. The number of phenolic OH excluding ortho intramolecular Hbond substituents is 1. The maximum atomic E-state index is 11.0. The highest BCUT2D eigenvalue weighted by molar-refractivity contribution is 7.92. The second-order valence-corrected chi connectivity index (χ2v) is 5.47. The molecule has 0 heterocycles. The highest BCUT2D eigenvalue weighted by Crippen LogP contribution is 2.29. The van der Waals surface area contributed by atoms with Crippen LogP contribution in [-0.2, 0) is 10.0 Å². The zero-order valence-electron chi connectivity index (χ0n) is 9.39. The summed E-state index contributed by atoms with van der Waals surface area (Å²) < 4.78 is 29.6. The number of aromatic hydroxyl groups is 1. The van der Waals surface area contributed by atoms with Crippen molar-refractivity contribution in [3.8, 4) is 11.5 Å². The Morgan fingerprint density at radius 1 is 1.38 bits per heavy atom. The molecule has 0 spiro atoms. The molecule has 0 aliphatic carbocycles. The number of hydrogen-bond acceptors (Lipinski definition) is 4. The smallest absolute Gasteiger partial charge is 0.229 e. The lowest BCUT2D eigenvalue weighted by Gasteiger charge is -2.12. The average Bonchev–Trinajstić information content (AvgIpc) is 2.07. The molecule has 0 saturated carbocycles. The summed E-state index contributed by atoms with van der Waals surface area (Å²) in [4.78, 5) is 0. The van der Waals surface area contributed by atoms with Crippen molar-refractivity contribution in [3.63, 3.8) is 0 Å². The minimum atomic E-state index is -3.41. The zero-order valence-corrected chi connectivity index (χ0v) is 10.2. The van der Waals surface area contributed by atoms with Gasteiger partial charge in [-0.3, -0.25) is 4.72 Å². The van der Waals surface area contributed by atoms with Crippen molar-refractivity contribution < 1.29 is 18.3 Å². The lowest BCUT2D eigenvalue weighted by molar-refractivity contribution is 0.242. The van der Waals surface area contributed by atoms with E-state index in [0.29, 0.717) is 5.75 Å². The van der Waals surface area contributed by atoms with E-state index in [1.165, 1.54) is 12.1 Å². The lowest BCUT2D eigenvalue weighted by atomic mass is 10.3. The number of anilines is 1. The quantitative estimate of drug-likeness (QED) is 0.789. The molecule has 0 aromatic heterocycles. The largest absolute Gasteiger partial charge is 0.506 e. The van der Waals surface area contributed by atoms with Crippen molar-refractivity contribution in [2.24, 2.45) is 0 Å². The van der Waals surface area contributed by atoms with E-state index in [9.17, 15) is 13.5 Å². The molecule has 2 N–H and O–H groups in total. The minimum absolute atomic E-state index is 0.0179. The van der Waals surface area contributed by atoms with Gasteiger partial charge in [-0.1, -0.05) is 0 Å². The van der Waals surface area contributed by atoms with Crippen molar-refractivity contribution in [1.29, 1.82) is 0 Å². The van der Waals surface area contributed by atoms with Crippen molar-refractivity contribution in [1.82, 2.24) is 0 Å². The number of phenols is 1. The Kier molecular flexibility index (Phi) is 3.64. The van der Waals surface area contributed by atoms with E-state index in [1.54, 1.807) is 6.07 Å². The summed E-state index contributed by atoms with van der Waals surface area (Å²) in [6.45, 7) is 3.72. The SMILES string of the molecule is CC(C)Oc1ccc(O)c(NS(C)(=O)=O)c1. The van der Waals surface area contributed by atoms with Crippen LogP contribution in [0.5, 0.6) is 11.5 Å². The molecular weight excluding hydrogens is 230 g/mol. The summed E-state index contributed by atoms with van der Waals surface area (Å²) in [5.74, 6) is 0.362. The Balaban J connectivity index is 2.99. The number of benzene rings is 1. The predicted octanol–water partition coefficient (Wildman–Crippen LogP) is 1.55. The van der Waals surface area contributed by atoms with E-state index < -0.39 is 10.0 Å². The van der Waals surface area contributed by atoms with Gasteiger partial charge >= 0.3 is 0 Å². The standard InChI is InChI=1S/C10H15NO4S/c1-7(2)15-8-4-5-10(12)9(6-8)11-16(3,13)14/h4-7,11-12H,1-3H3. The van der Waals surface area contributed by atoms with Crippen LogP contribution in [-0.4, -0.2) is 25.9 Å². The van der Waals surface area contributed by atoms with Gasteiger partial charge in [-0.15, -0.1) is 0 Å². The molecule has 0 fully saturated rings. The number of ether oxygens (including phenoxy) is 1. The van der Waals surface area contributed by atoms with E-state index in [4.69, 9.17) is 4.74 Å². The summed E-state index contributed by atoms with van der Waals surface area (Å²) in [6, 6.07) is 4.39. The molecule has 0 radical (unpaired) electrons. The molecular formula is C10H15NO4S. The molecule has 0 aliphatic rings. The van der Waals surface area contributed by atoms with Crippen LogP contribution < -0.4 is 9.46 Å². The van der Waals surface area contributed by atoms with Gasteiger partial charge in [0.25, 0.3) is 0 Å². The lowest BCUT2D eigenvalue weighted by Crippen LogP contribution is -2.10. The molecule has 6 heteroatoms. The van der Waals surface area contributed by atoms with Crippen molar-refractivity contribution in [3.05, 3.63) is 18.2 Å². The Hall–Kier alpha value is -1.43. The fourth-order valence-corrected chi connectivity index (χ4v) is 1.71. The average molecular weight is 245 g/mol. The van der Waals surface area contributed by atoms with Crippen LogP contribution in [0.4, 0.5) is 5.69 Å². The van der Waals surface area contributed by atoms with E-state index in [2.05, 4.69) is 4.72 Å². The maximum Gasteiger partial charge on any atom is 0.229 e. The number of sulfonamides is 1. The van der Waals surface area contributed by atoms with Gasteiger partial charge < -0.3 is 9.84 Å². The molecule has 16 heavy (non-hydrogen) atoms. The Bertz CT molecular complexity index is 468. The van der Waals surface area contributed by atoms with Gasteiger partial charge in [-0.25, -0.2) is 8.42 Å². The fourth-order valence-electron chi connectivity index (χ4n) is 1.14. The molecule has 0 unspecified atom stereocenters. The molecule has 1 aromatic rings. The maximum absolute atomic E-state index is 11.0. The molecule has 1 rings (SSSR count). The molecule has 1 aromatic carbocycles. The monoisotopic (exact) mass is 245 g/mol. The predicted molar refractivity (Wildman–Crippen MR) is 62.3 cm³/mol.